The SMILES string of the molecule is Clc1cccnc1N1CCN(C2CCCC2)CC1. The molecule has 1 aliphatic heterocycles. The number of aromatic nitrogens is 1. The summed E-state index contributed by atoms with van der Waals surface area (Å²) >= 11 is 6.20. The standard InChI is InChI=1S/C14H20ClN3/c15-13-6-3-7-16-14(13)18-10-8-17(9-11-18)12-4-1-2-5-12/h3,6-7,12H,1-2,4-5,8-11H2. The van der Waals surface area contributed by atoms with Gasteiger partial charge in [-0.25, -0.2) is 4.98 Å². The van der Waals surface area contributed by atoms with Gasteiger partial charge in [-0.1, -0.05) is 24.4 Å². The van der Waals surface area contributed by atoms with Crippen molar-refractivity contribution in [1.29, 1.82) is 0 Å². The largest absolute Gasteiger partial charge is 0.353 e. The second-order valence-electron chi connectivity index (χ2n) is 5.27. The van der Waals surface area contributed by atoms with Gasteiger partial charge in [0, 0.05) is 38.4 Å². The third-order valence-electron chi connectivity index (χ3n) is 4.19. The van der Waals surface area contributed by atoms with Gasteiger partial charge < -0.3 is 4.90 Å². The molecule has 0 unspecified atom stereocenters. The quantitative estimate of drug-likeness (QED) is 0.820. The maximum atomic E-state index is 6.20. The molecule has 2 heterocycles. The van der Waals surface area contributed by atoms with E-state index in [1.54, 1.807) is 0 Å². The van der Waals surface area contributed by atoms with Crippen molar-refractivity contribution in [2.45, 2.75) is 31.7 Å². The van der Waals surface area contributed by atoms with Gasteiger partial charge in [-0.2, -0.15) is 0 Å². The monoisotopic (exact) mass is 265 g/mol. The molecule has 1 aromatic heterocycles. The zero-order valence-electron chi connectivity index (χ0n) is 10.7. The van der Waals surface area contributed by atoms with E-state index in [2.05, 4.69) is 14.8 Å². The predicted octanol–water partition coefficient (Wildman–Crippen LogP) is 2.80. The Balaban J connectivity index is 1.61. The van der Waals surface area contributed by atoms with Crippen LogP contribution in [0.25, 0.3) is 0 Å². The van der Waals surface area contributed by atoms with Crippen LogP contribution in [0.5, 0.6) is 0 Å². The van der Waals surface area contributed by atoms with E-state index in [1.807, 2.05) is 18.3 Å². The molecule has 2 fully saturated rings. The molecule has 3 rings (SSSR count). The van der Waals surface area contributed by atoms with Crippen LogP contribution in [0, 0.1) is 0 Å². The highest BCUT2D eigenvalue weighted by atomic mass is 35.5. The number of hydrogen-bond acceptors (Lipinski definition) is 3. The lowest BCUT2D eigenvalue weighted by atomic mass is 10.2. The molecule has 0 aromatic carbocycles. The Morgan fingerprint density at radius 3 is 2.50 bits per heavy atom. The number of anilines is 1. The highest BCUT2D eigenvalue weighted by Crippen LogP contribution is 2.27. The van der Waals surface area contributed by atoms with Crippen molar-refractivity contribution in [1.82, 2.24) is 9.88 Å². The minimum absolute atomic E-state index is 0.770. The van der Waals surface area contributed by atoms with Crippen LogP contribution in [0.2, 0.25) is 5.02 Å². The average molecular weight is 266 g/mol. The predicted molar refractivity (Wildman–Crippen MR) is 75.3 cm³/mol. The first-order valence-corrected chi connectivity index (χ1v) is 7.32. The van der Waals surface area contributed by atoms with Crippen LogP contribution in [-0.4, -0.2) is 42.1 Å². The zero-order chi connectivity index (χ0) is 12.4. The molecule has 2 aliphatic rings. The molecular weight excluding hydrogens is 246 g/mol. The normalized spacial score (nSPS) is 22.6. The van der Waals surface area contributed by atoms with Crippen LogP contribution in [0.3, 0.4) is 0 Å². The summed E-state index contributed by atoms with van der Waals surface area (Å²) in [6.45, 7) is 4.40. The van der Waals surface area contributed by atoms with E-state index in [1.165, 1.54) is 25.7 Å². The minimum Gasteiger partial charge on any atom is -0.353 e. The number of nitrogens with zero attached hydrogens (tertiary/aromatic N) is 3. The Hall–Kier alpha value is -0.800. The summed E-state index contributed by atoms with van der Waals surface area (Å²) in [6.07, 6.45) is 7.44. The Labute approximate surface area is 114 Å². The number of pyridine rings is 1. The van der Waals surface area contributed by atoms with E-state index in [0.717, 1.165) is 43.1 Å². The van der Waals surface area contributed by atoms with Crippen LogP contribution in [0.4, 0.5) is 5.82 Å². The van der Waals surface area contributed by atoms with Gasteiger partial charge in [-0.05, 0) is 25.0 Å². The first-order chi connectivity index (χ1) is 8.84. The smallest absolute Gasteiger partial charge is 0.147 e. The van der Waals surface area contributed by atoms with Crippen molar-refractivity contribution in [2.75, 3.05) is 31.1 Å². The van der Waals surface area contributed by atoms with Crippen LogP contribution in [-0.2, 0) is 0 Å². The highest BCUT2D eigenvalue weighted by Gasteiger charge is 2.26. The van der Waals surface area contributed by atoms with E-state index in [0.29, 0.717) is 0 Å². The topological polar surface area (TPSA) is 19.4 Å². The number of halogens is 1. The molecule has 0 atom stereocenters. The van der Waals surface area contributed by atoms with Crippen LogP contribution in [0.1, 0.15) is 25.7 Å². The molecule has 0 N–H and O–H groups in total. The maximum absolute atomic E-state index is 6.20. The molecule has 1 saturated carbocycles. The van der Waals surface area contributed by atoms with E-state index < -0.39 is 0 Å². The van der Waals surface area contributed by atoms with Gasteiger partial charge in [0.05, 0.1) is 5.02 Å². The molecule has 0 spiro atoms. The Morgan fingerprint density at radius 2 is 1.83 bits per heavy atom. The molecule has 98 valence electrons. The lowest BCUT2D eigenvalue weighted by molar-refractivity contribution is 0.187. The second kappa shape index (κ2) is 5.45. The molecular formula is C14H20ClN3. The minimum atomic E-state index is 0.770. The van der Waals surface area contributed by atoms with E-state index in [-0.39, 0.29) is 0 Å². The van der Waals surface area contributed by atoms with Gasteiger partial charge in [0.25, 0.3) is 0 Å². The van der Waals surface area contributed by atoms with Gasteiger partial charge in [0.1, 0.15) is 5.82 Å². The van der Waals surface area contributed by atoms with E-state index >= 15 is 0 Å². The highest BCUT2D eigenvalue weighted by molar-refractivity contribution is 6.32. The average Bonchev–Trinajstić information content (AvgIpc) is 2.94. The molecule has 0 amide bonds. The van der Waals surface area contributed by atoms with E-state index in [9.17, 15) is 0 Å². The Kier molecular flexibility index (Phi) is 3.71. The zero-order valence-corrected chi connectivity index (χ0v) is 11.4. The van der Waals surface area contributed by atoms with Crippen LogP contribution in [0.15, 0.2) is 18.3 Å². The number of hydrogen-bond donors (Lipinski definition) is 0. The third-order valence-corrected chi connectivity index (χ3v) is 4.49. The lowest BCUT2D eigenvalue weighted by Crippen LogP contribution is -2.50. The summed E-state index contributed by atoms with van der Waals surface area (Å²) in [7, 11) is 0. The van der Waals surface area contributed by atoms with Crippen molar-refractivity contribution in [3.63, 3.8) is 0 Å². The number of piperazine rings is 1. The first kappa shape index (κ1) is 12.2. The van der Waals surface area contributed by atoms with Crippen molar-refractivity contribution < 1.29 is 0 Å². The van der Waals surface area contributed by atoms with Crippen LogP contribution < -0.4 is 4.90 Å². The summed E-state index contributed by atoms with van der Waals surface area (Å²) in [6, 6.07) is 4.65. The summed E-state index contributed by atoms with van der Waals surface area (Å²) in [5, 5.41) is 0.770. The molecule has 0 bridgehead atoms. The van der Waals surface area contributed by atoms with Gasteiger partial charge in [0.2, 0.25) is 0 Å². The molecule has 0 radical (unpaired) electrons. The summed E-state index contributed by atoms with van der Waals surface area (Å²) < 4.78 is 0. The molecule has 3 nitrogen and oxygen atoms in total. The summed E-state index contributed by atoms with van der Waals surface area (Å²) in [5.74, 6) is 0.949. The van der Waals surface area contributed by atoms with Gasteiger partial charge >= 0.3 is 0 Å². The first-order valence-electron chi connectivity index (χ1n) is 6.94. The lowest BCUT2D eigenvalue weighted by Gasteiger charge is -2.38. The maximum Gasteiger partial charge on any atom is 0.147 e. The molecule has 18 heavy (non-hydrogen) atoms. The van der Waals surface area contributed by atoms with Crippen molar-refractivity contribution >= 4 is 17.4 Å². The van der Waals surface area contributed by atoms with E-state index in [4.69, 9.17) is 11.6 Å². The van der Waals surface area contributed by atoms with Gasteiger partial charge in [0.15, 0.2) is 0 Å². The molecule has 4 heteroatoms. The summed E-state index contributed by atoms with van der Waals surface area (Å²) in [4.78, 5) is 9.37. The fraction of sp³-hybridized carbons (Fsp3) is 0.643. The Bertz CT molecular complexity index is 396. The third kappa shape index (κ3) is 2.47. The molecule has 1 saturated heterocycles. The van der Waals surface area contributed by atoms with Crippen molar-refractivity contribution in [2.24, 2.45) is 0 Å². The second-order valence-corrected chi connectivity index (χ2v) is 5.68. The fourth-order valence-electron chi connectivity index (χ4n) is 3.18. The van der Waals surface area contributed by atoms with Gasteiger partial charge in [-0.3, -0.25) is 4.90 Å². The van der Waals surface area contributed by atoms with Crippen LogP contribution >= 0.6 is 11.6 Å². The summed E-state index contributed by atoms with van der Waals surface area (Å²) in [5.41, 5.74) is 0. The molecule has 1 aliphatic carbocycles. The fourth-order valence-corrected chi connectivity index (χ4v) is 3.42. The van der Waals surface area contributed by atoms with Crippen molar-refractivity contribution in [3.05, 3.63) is 23.4 Å². The number of rotatable bonds is 2. The van der Waals surface area contributed by atoms with Crippen molar-refractivity contribution in [3.8, 4) is 0 Å². The Morgan fingerprint density at radius 1 is 1.11 bits per heavy atom. The van der Waals surface area contributed by atoms with Gasteiger partial charge in [-0.15, -0.1) is 0 Å². The molecule has 1 aromatic rings.